The molecule has 10 heteroatoms. The van der Waals surface area contributed by atoms with E-state index in [4.69, 9.17) is 0 Å². The average molecular weight is 707 g/mol. The number of hydrogen-bond acceptors (Lipinski definition) is 7. The van der Waals surface area contributed by atoms with Crippen molar-refractivity contribution in [3.63, 3.8) is 0 Å². The van der Waals surface area contributed by atoms with Gasteiger partial charge in [-0.2, -0.15) is 0 Å². The van der Waals surface area contributed by atoms with Crippen LogP contribution in [-0.4, -0.2) is 86.5 Å². The van der Waals surface area contributed by atoms with E-state index in [1.165, 1.54) is 46.4 Å². The van der Waals surface area contributed by atoms with E-state index in [1.54, 1.807) is 0 Å². The molecule has 0 spiro atoms. The second kappa shape index (κ2) is 14.4. The van der Waals surface area contributed by atoms with Crippen LogP contribution in [0, 0.1) is 11.7 Å². The molecule has 0 bridgehead atoms. The molecule has 4 aromatic rings. The van der Waals surface area contributed by atoms with Crippen LogP contribution >= 0.6 is 0 Å². The molecule has 3 saturated carbocycles. The Morgan fingerprint density at radius 2 is 1.58 bits per heavy atom. The van der Waals surface area contributed by atoms with E-state index < -0.39 is 17.1 Å². The zero-order valence-electron chi connectivity index (χ0n) is 30.6. The molecule has 9 nitrogen and oxygen atoms in total. The van der Waals surface area contributed by atoms with Crippen molar-refractivity contribution in [3.8, 4) is 16.8 Å². The van der Waals surface area contributed by atoms with Gasteiger partial charge in [-0.1, -0.05) is 49.2 Å². The van der Waals surface area contributed by atoms with Crippen molar-refractivity contribution in [2.45, 2.75) is 94.8 Å². The molecule has 1 saturated heterocycles. The van der Waals surface area contributed by atoms with E-state index in [0.29, 0.717) is 30.7 Å². The Morgan fingerprint density at radius 3 is 2.25 bits per heavy atom. The summed E-state index contributed by atoms with van der Waals surface area (Å²) in [7, 11) is 3.95. The quantitative estimate of drug-likeness (QED) is 0.194. The van der Waals surface area contributed by atoms with E-state index in [-0.39, 0.29) is 28.5 Å². The van der Waals surface area contributed by atoms with Crippen molar-refractivity contribution in [2.75, 3.05) is 40.3 Å². The maximum Gasteiger partial charge on any atom is 0.337 e. The van der Waals surface area contributed by atoms with Gasteiger partial charge >= 0.3 is 5.69 Å². The predicted molar refractivity (Wildman–Crippen MR) is 202 cm³/mol. The van der Waals surface area contributed by atoms with Gasteiger partial charge in [-0.25, -0.2) is 18.7 Å². The molecule has 0 atom stereocenters. The third-order valence-corrected chi connectivity index (χ3v) is 12.7. The third kappa shape index (κ3) is 6.81. The van der Waals surface area contributed by atoms with Gasteiger partial charge in [-0.05, 0) is 106 Å². The maximum atomic E-state index is 14.6. The SMILES string of the molecule is CN(C)C1(C(=O)CC2CCC(n3c(=O)c4cc(F)cnc4n(-c4cccc(-c5ccc(CN6CCN(C7CCCC7)CC6)cc5)c4)c3=O)CC2)CC1. The number of ketones is 1. The number of hydrogen-bond donors (Lipinski definition) is 0. The Morgan fingerprint density at radius 1 is 0.865 bits per heavy atom. The highest BCUT2D eigenvalue weighted by Crippen LogP contribution is 2.44. The van der Waals surface area contributed by atoms with Crippen LogP contribution in [-0.2, 0) is 11.3 Å². The van der Waals surface area contributed by atoms with Crippen LogP contribution < -0.4 is 11.2 Å². The largest absolute Gasteiger partial charge is 0.337 e. The Kier molecular flexibility index (Phi) is 9.74. The predicted octanol–water partition coefficient (Wildman–Crippen LogP) is 6.20. The Bertz CT molecular complexity index is 2050. The first-order chi connectivity index (χ1) is 25.2. The molecule has 2 aromatic heterocycles. The number of benzene rings is 2. The van der Waals surface area contributed by atoms with Gasteiger partial charge in [0.05, 0.1) is 22.8 Å². The second-order valence-corrected chi connectivity index (χ2v) is 16.0. The molecule has 2 aromatic carbocycles. The smallest absolute Gasteiger partial charge is 0.298 e. The van der Waals surface area contributed by atoms with Crippen LogP contribution in [0.3, 0.4) is 0 Å². The lowest BCUT2D eigenvalue weighted by Crippen LogP contribution is -2.49. The lowest BCUT2D eigenvalue weighted by atomic mass is 9.81. The highest BCUT2D eigenvalue weighted by molar-refractivity contribution is 5.91. The monoisotopic (exact) mass is 706 g/mol. The molecule has 4 fully saturated rings. The average Bonchev–Trinajstić information content (AvgIpc) is 3.81. The van der Waals surface area contributed by atoms with Gasteiger partial charge in [0.2, 0.25) is 0 Å². The molecule has 3 aliphatic carbocycles. The highest BCUT2D eigenvalue weighted by Gasteiger charge is 2.51. The molecule has 0 radical (unpaired) electrons. The first kappa shape index (κ1) is 35.1. The maximum absolute atomic E-state index is 14.6. The van der Waals surface area contributed by atoms with Crippen LogP contribution in [0.15, 0.2) is 70.4 Å². The first-order valence-corrected chi connectivity index (χ1v) is 19.4. The minimum Gasteiger partial charge on any atom is -0.298 e. The summed E-state index contributed by atoms with van der Waals surface area (Å²) in [6.07, 6.45) is 11.6. The van der Waals surface area contributed by atoms with Crippen LogP contribution in [0.5, 0.6) is 0 Å². The molecule has 4 aliphatic rings. The van der Waals surface area contributed by atoms with Crippen molar-refractivity contribution < 1.29 is 9.18 Å². The lowest BCUT2D eigenvalue weighted by molar-refractivity contribution is -0.126. The van der Waals surface area contributed by atoms with Gasteiger partial charge in [-0.15, -0.1) is 0 Å². The van der Waals surface area contributed by atoms with Gasteiger partial charge in [0.1, 0.15) is 5.82 Å². The molecular weight excluding hydrogens is 655 g/mol. The summed E-state index contributed by atoms with van der Waals surface area (Å²) in [5.74, 6) is -0.0911. The van der Waals surface area contributed by atoms with Crippen molar-refractivity contribution in [3.05, 3.63) is 93.0 Å². The van der Waals surface area contributed by atoms with Crippen molar-refractivity contribution in [1.29, 1.82) is 0 Å². The number of halogens is 1. The van der Waals surface area contributed by atoms with E-state index >= 15 is 0 Å². The number of Topliss-reactive ketones (excluding diaryl/α,β-unsaturated/α-hetero) is 1. The number of carbonyl (C=O) groups is 1. The van der Waals surface area contributed by atoms with E-state index in [1.807, 2.05) is 38.4 Å². The fourth-order valence-corrected chi connectivity index (χ4v) is 9.33. The van der Waals surface area contributed by atoms with E-state index in [9.17, 15) is 18.8 Å². The van der Waals surface area contributed by atoms with Crippen LogP contribution in [0.2, 0.25) is 0 Å². The number of aromatic nitrogens is 3. The number of piperazine rings is 1. The molecule has 0 unspecified atom stereocenters. The van der Waals surface area contributed by atoms with Gasteiger partial charge in [0.15, 0.2) is 11.4 Å². The zero-order valence-corrected chi connectivity index (χ0v) is 30.6. The second-order valence-electron chi connectivity index (χ2n) is 16.0. The Labute approximate surface area is 305 Å². The molecule has 52 heavy (non-hydrogen) atoms. The summed E-state index contributed by atoms with van der Waals surface area (Å²) in [5, 5.41) is 0.0809. The van der Waals surface area contributed by atoms with E-state index in [2.05, 4.69) is 43.9 Å². The molecule has 8 rings (SSSR count). The molecule has 1 aliphatic heterocycles. The molecule has 0 N–H and O–H groups in total. The van der Waals surface area contributed by atoms with Crippen molar-refractivity contribution in [1.82, 2.24) is 28.8 Å². The lowest BCUT2D eigenvalue weighted by Gasteiger charge is -2.38. The first-order valence-electron chi connectivity index (χ1n) is 19.4. The molecule has 3 heterocycles. The standard InChI is InChI=1S/C42H51FN6O3/c1-45(2)42(18-19-42)38(50)24-29-12-16-35(17-13-29)49-40(51)37-26-33(43)27-44-39(37)48(41(49)52)36-9-5-6-32(25-36)31-14-10-30(11-15-31)28-46-20-22-47(23-21-46)34-7-3-4-8-34/h5-6,9-11,14-15,25-27,29,34-35H,3-4,7-8,12-13,16-24,28H2,1-2H3. The fraction of sp³-hybridized carbons (Fsp3) is 0.524. The van der Waals surface area contributed by atoms with Crippen molar-refractivity contribution in [2.24, 2.45) is 5.92 Å². The number of nitrogens with zero attached hydrogens (tertiary/aromatic N) is 6. The molecule has 0 amide bonds. The Hall–Kier alpha value is -3.99. The molecule has 274 valence electrons. The topological polar surface area (TPSA) is 83.7 Å². The number of likely N-dealkylation sites (N-methyl/N-ethyl adjacent to an activating group) is 1. The summed E-state index contributed by atoms with van der Waals surface area (Å²) >= 11 is 0. The summed E-state index contributed by atoms with van der Waals surface area (Å²) < 4.78 is 17.3. The fourth-order valence-electron chi connectivity index (χ4n) is 9.33. The minimum absolute atomic E-state index is 0.0809. The number of carbonyl (C=O) groups excluding carboxylic acids is 1. The summed E-state index contributed by atoms with van der Waals surface area (Å²) in [4.78, 5) is 53.0. The van der Waals surface area contributed by atoms with Gasteiger partial charge in [-0.3, -0.25) is 28.9 Å². The van der Waals surface area contributed by atoms with Gasteiger partial charge < -0.3 is 0 Å². The van der Waals surface area contributed by atoms with Crippen LogP contribution in [0.25, 0.3) is 27.8 Å². The minimum atomic E-state index is -0.622. The van der Waals surface area contributed by atoms with Gasteiger partial charge in [0.25, 0.3) is 5.56 Å². The summed E-state index contributed by atoms with van der Waals surface area (Å²) in [5.41, 5.74) is 2.66. The van der Waals surface area contributed by atoms with Crippen LogP contribution in [0.1, 0.15) is 82.2 Å². The Balaban J connectivity index is 1.01. The van der Waals surface area contributed by atoms with Crippen molar-refractivity contribution >= 4 is 16.8 Å². The van der Waals surface area contributed by atoms with E-state index in [0.717, 1.165) is 81.8 Å². The zero-order chi connectivity index (χ0) is 36.0. The summed E-state index contributed by atoms with van der Waals surface area (Å²) in [6, 6.07) is 18.0. The number of rotatable bonds is 10. The number of fused-ring (bicyclic) bond motifs is 1. The highest BCUT2D eigenvalue weighted by atomic mass is 19.1. The molecular formula is C42H51FN6O3. The normalized spacial score (nSPS) is 22.7. The number of pyridine rings is 1. The van der Waals surface area contributed by atoms with Crippen LogP contribution in [0.4, 0.5) is 4.39 Å². The van der Waals surface area contributed by atoms with Gasteiger partial charge in [0, 0.05) is 51.2 Å². The third-order valence-electron chi connectivity index (χ3n) is 12.7. The summed E-state index contributed by atoms with van der Waals surface area (Å²) in [6.45, 7) is 5.43.